The normalized spacial score (nSPS) is 12.5. The number of amides is 1. The molecule has 0 spiro atoms. The van der Waals surface area contributed by atoms with Crippen LogP contribution in [0.4, 0.5) is 0 Å². The molecule has 1 amide bonds. The molecule has 5 heteroatoms. The SMILES string of the molecule is CCC(C(=O)N(C)CCn1c(C)cc2ccccc21)n1cccn1. The number of likely N-dealkylation sites (N-methyl/N-ethyl adjacent to an activating group) is 1. The predicted octanol–water partition coefficient (Wildman–Crippen LogP) is 3.26. The van der Waals surface area contributed by atoms with E-state index in [1.807, 2.05) is 31.1 Å². The fourth-order valence-corrected chi connectivity index (χ4v) is 3.20. The van der Waals surface area contributed by atoms with Crippen LogP contribution in [0.15, 0.2) is 48.8 Å². The Hall–Kier alpha value is -2.56. The van der Waals surface area contributed by atoms with E-state index in [9.17, 15) is 4.79 Å². The topological polar surface area (TPSA) is 43.1 Å². The molecule has 1 unspecified atom stereocenters. The van der Waals surface area contributed by atoms with Crippen LogP contribution in [0.25, 0.3) is 10.9 Å². The van der Waals surface area contributed by atoms with Gasteiger partial charge < -0.3 is 9.47 Å². The summed E-state index contributed by atoms with van der Waals surface area (Å²) in [6, 6.07) is 12.2. The fourth-order valence-electron chi connectivity index (χ4n) is 3.20. The highest BCUT2D eigenvalue weighted by atomic mass is 16.2. The maximum Gasteiger partial charge on any atom is 0.247 e. The standard InChI is InChI=1S/C19H24N4O/c1-4-17(23-11-7-10-20-23)19(24)21(3)12-13-22-15(2)14-16-8-5-6-9-18(16)22/h5-11,14,17H,4,12-13H2,1-3H3. The quantitative estimate of drug-likeness (QED) is 0.698. The van der Waals surface area contributed by atoms with E-state index in [1.165, 1.54) is 16.6 Å². The lowest BCUT2D eigenvalue weighted by Crippen LogP contribution is -2.36. The lowest BCUT2D eigenvalue weighted by atomic mass is 10.2. The molecule has 2 aromatic heterocycles. The highest BCUT2D eigenvalue weighted by Gasteiger charge is 2.22. The molecule has 0 aliphatic heterocycles. The second kappa shape index (κ2) is 6.91. The van der Waals surface area contributed by atoms with Gasteiger partial charge in [-0.25, -0.2) is 0 Å². The van der Waals surface area contributed by atoms with Crippen molar-refractivity contribution in [3.63, 3.8) is 0 Å². The number of carbonyl (C=O) groups excluding carboxylic acids is 1. The summed E-state index contributed by atoms with van der Waals surface area (Å²) in [5.41, 5.74) is 2.44. The van der Waals surface area contributed by atoms with Crippen molar-refractivity contribution in [2.24, 2.45) is 0 Å². The van der Waals surface area contributed by atoms with Crippen LogP contribution < -0.4 is 0 Å². The first kappa shape index (κ1) is 16.3. The fraction of sp³-hybridized carbons (Fsp3) is 0.368. The van der Waals surface area contributed by atoms with Crippen LogP contribution in [0.2, 0.25) is 0 Å². The summed E-state index contributed by atoms with van der Waals surface area (Å²) in [5.74, 6) is 0.107. The Bertz CT molecular complexity index is 819. The van der Waals surface area contributed by atoms with Crippen LogP contribution in [0, 0.1) is 6.92 Å². The number of para-hydroxylation sites is 1. The highest BCUT2D eigenvalue weighted by Crippen LogP contribution is 2.19. The van der Waals surface area contributed by atoms with Crippen LogP contribution >= 0.6 is 0 Å². The van der Waals surface area contributed by atoms with E-state index in [0.717, 1.165) is 13.0 Å². The number of aryl methyl sites for hydroxylation is 1. The van der Waals surface area contributed by atoms with Gasteiger partial charge in [-0.05, 0) is 36.9 Å². The molecule has 0 N–H and O–H groups in total. The van der Waals surface area contributed by atoms with Crippen LogP contribution in [-0.4, -0.2) is 38.7 Å². The molecule has 0 radical (unpaired) electrons. The first-order valence-corrected chi connectivity index (χ1v) is 8.40. The number of aromatic nitrogens is 3. The third-order valence-corrected chi connectivity index (χ3v) is 4.57. The minimum atomic E-state index is -0.229. The number of hydrogen-bond acceptors (Lipinski definition) is 2. The van der Waals surface area contributed by atoms with Crippen LogP contribution in [-0.2, 0) is 11.3 Å². The number of benzene rings is 1. The van der Waals surface area contributed by atoms with E-state index in [4.69, 9.17) is 0 Å². The molecule has 126 valence electrons. The van der Waals surface area contributed by atoms with Gasteiger partial charge in [-0.1, -0.05) is 25.1 Å². The molecular weight excluding hydrogens is 300 g/mol. The average Bonchev–Trinajstić information content (AvgIpc) is 3.21. The van der Waals surface area contributed by atoms with E-state index in [-0.39, 0.29) is 11.9 Å². The minimum Gasteiger partial charge on any atom is -0.343 e. The van der Waals surface area contributed by atoms with Gasteiger partial charge in [-0.3, -0.25) is 9.48 Å². The highest BCUT2D eigenvalue weighted by molar-refractivity contribution is 5.81. The van der Waals surface area contributed by atoms with Gasteiger partial charge in [-0.2, -0.15) is 5.10 Å². The Labute approximate surface area is 142 Å². The lowest BCUT2D eigenvalue weighted by molar-refractivity contribution is -0.134. The van der Waals surface area contributed by atoms with E-state index in [1.54, 1.807) is 10.9 Å². The summed E-state index contributed by atoms with van der Waals surface area (Å²) in [6.07, 6.45) is 4.30. The van der Waals surface area contributed by atoms with Crippen LogP contribution in [0.3, 0.4) is 0 Å². The number of rotatable bonds is 6. The lowest BCUT2D eigenvalue weighted by Gasteiger charge is -2.24. The van der Waals surface area contributed by atoms with Crippen molar-refractivity contribution < 1.29 is 4.79 Å². The third-order valence-electron chi connectivity index (χ3n) is 4.57. The number of carbonyl (C=O) groups is 1. The van der Waals surface area contributed by atoms with Gasteiger partial charge in [0, 0.05) is 43.7 Å². The molecule has 24 heavy (non-hydrogen) atoms. The minimum absolute atomic E-state index is 0.107. The van der Waals surface area contributed by atoms with Crippen LogP contribution in [0.1, 0.15) is 25.1 Å². The molecule has 1 aromatic carbocycles. The van der Waals surface area contributed by atoms with Gasteiger partial charge >= 0.3 is 0 Å². The van der Waals surface area contributed by atoms with E-state index in [0.29, 0.717) is 6.54 Å². The molecule has 0 aliphatic carbocycles. The second-order valence-corrected chi connectivity index (χ2v) is 6.17. The Morgan fingerprint density at radius 2 is 2.08 bits per heavy atom. The molecule has 0 fully saturated rings. The second-order valence-electron chi connectivity index (χ2n) is 6.17. The molecule has 2 heterocycles. The molecule has 5 nitrogen and oxygen atoms in total. The van der Waals surface area contributed by atoms with E-state index >= 15 is 0 Å². The molecule has 0 bridgehead atoms. The molecule has 3 aromatic rings. The van der Waals surface area contributed by atoms with Crippen molar-refractivity contribution in [2.45, 2.75) is 32.9 Å². The van der Waals surface area contributed by atoms with Crippen molar-refractivity contribution in [3.8, 4) is 0 Å². The van der Waals surface area contributed by atoms with Crippen LogP contribution in [0.5, 0.6) is 0 Å². The smallest absolute Gasteiger partial charge is 0.247 e. The van der Waals surface area contributed by atoms with Crippen molar-refractivity contribution in [3.05, 3.63) is 54.5 Å². The summed E-state index contributed by atoms with van der Waals surface area (Å²) >= 11 is 0. The zero-order valence-corrected chi connectivity index (χ0v) is 14.5. The van der Waals surface area contributed by atoms with Crippen molar-refractivity contribution in [1.82, 2.24) is 19.2 Å². The molecule has 0 saturated heterocycles. The zero-order valence-electron chi connectivity index (χ0n) is 14.5. The summed E-state index contributed by atoms with van der Waals surface area (Å²) in [4.78, 5) is 14.5. The van der Waals surface area contributed by atoms with Gasteiger partial charge in [0.15, 0.2) is 0 Å². The van der Waals surface area contributed by atoms with E-state index in [2.05, 4.69) is 46.9 Å². The summed E-state index contributed by atoms with van der Waals surface area (Å²) in [5, 5.41) is 5.46. The summed E-state index contributed by atoms with van der Waals surface area (Å²) in [7, 11) is 1.87. The summed E-state index contributed by atoms with van der Waals surface area (Å²) in [6.45, 7) is 5.59. The maximum absolute atomic E-state index is 12.7. The van der Waals surface area contributed by atoms with Gasteiger partial charge in [0.05, 0.1) is 0 Å². The van der Waals surface area contributed by atoms with Crippen molar-refractivity contribution >= 4 is 16.8 Å². The molecule has 1 atom stereocenters. The van der Waals surface area contributed by atoms with Gasteiger partial charge in [0.25, 0.3) is 0 Å². The summed E-state index contributed by atoms with van der Waals surface area (Å²) < 4.78 is 4.02. The Kier molecular flexibility index (Phi) is 4.69. The number of fused-ring (bicyclic) bond motifs is 1. The average molecular weight is 324 g/mol. The Morgan fingerprint density at radius 1 is 1.29 bits per heavy atom. The Morgan fingerprint density at radius 3 is 2.79 bits per heavy atom. The van der Waals surface area contributed by atoms with Gasteiger partial charge in [0.2, 0.25) is 5.91 Å². The zero-order chi connectivity index (χ0) is 17.1. The maximum atomic E-state index is 12.7. The number of nitrogens with zero attached hydrogens (tertiary/aromatic N) is 4. The van der Waals surface area contributed by atoms with Gasteiger partial charge in [-0.15, -0.1) is 0 Å². The van der Waals surface area contributed by atoms with Gasteiger partial charge in [0.1, 0.15) is 6.04 Å². The third kappa shape index (κ3) is 3.07. The molecule has 0 aliphatic rings. The molecular formula is C19H24N4O. The predicted molar refractivity (Wildman–Crippen MR) is 95.9 cm³/mol. The monoisotopic (exact) mass is 324 g/mol. The molecule has 3 rings (SSSR count). The van der Waals surface area contributed by atoms with Crippen molar-refractivity contribution in [1.29, 1.82) is 0 Å². The number of hydrogen-bond donors (Lipinski definition) is 0. The molecule has 0 saturated carbocycles. The first-order valence-electron chi connectivity index (χ1n) is 8.40. The van der Waals surface area contributed by atoms with Crippen molar-refractivity contribution in [2.75, 3.05) is 13.6 Å². The first-order chi connectivity index (χ1) is 11.6. The Balaban J connectivity index is 1.71. The van der Waals surface area contributed by atoms with E-state index < -0.39 is 0 Å². The largest absolute Gasteiger partial charge is 0.343 e.